The van der Waals surface area contributed by atoms with Gasteiger partial charge in [-0.1, -0.05) is 32.2 Å². The second-order valence-electron chi connectivity index (χ2n) is 4.34. The fourth-order valence-electron chi connectivity index (χ4n) is 1.56. The van der Waals surface area contributed by atoms with Gasteiger partial charge in [0.05, 0.1) is 0 Å². The number of rotatable bonds is 0. The molecule has 0 aromatic heterocycles. The molecule has 0 bridgehead atoms. The lowest BCUT2D eigenvalue weighted by atomic mass is 9.99. The van der Waals surface area contributed by atoms with E-state index in [9.17, 15) is 0 Å². The van der Waals surface area contributed by atoms with Gasteiger partial charge in [0.15, 0.2) is 0 Å². The van der Waals surface area contributed by atoms with E-state index in [1.54, 1.807) is 0 Å². The molecule has 0 spiro atoms. The van der Waals surface area contributed by atoms with Gasteiger partial charge >= 0.3 is 0 Å². The average molecular weight is 221 g/mol. The third kappa shape index (κ3) is 4.11. The average Bonchev–Trinajstić information content (AvgIpc) is 2.27. The summed E-state index contributed by atoms with van der Waals surface area (Å²) in [5.74, 6) is 0.536. The fraction of sp³-hybridized carbons (Fsp3) is 0.538. The molecule has 0 radical (unpaired) electrons. The molecule has 1 heterocycles. The third-order valence-electron chi connectivity index (χ3n) is 2.98. The van der Waals surface area contributed by atoms with Crippen molar-refractivity contribution in [2.75, 3.05) is 26.2 Å². The van der Waals surface area contributed by atoms with Gasteiger partial charge in [-0.3, -0.25) is 0 Å². The first-order valence-electron chi connectivity index (χ1n) is 5.85. The SMILES string of the molecule is C=C1NCCNCCC(C)C(=C)CNC1=C. The van der Waals surface area contributed by atoms with Crippen LogP contribution in [0.4, 0.5) is 0 Å². The molecule has 3 N–H and O–H groups in total. The molecule has 1 atom stereocenters. The van der Waals surface area contributed by atoms with Crippen molar-refractivity contribution in [3.8, 4) is 0 Å². The molecule has 90 valence electrons. The van der Waals surface area contributed by atoms with Crippen molar-refractivity contribution in [1.82, 2.24) is 16.0 Å². The minimum absolute atomic E-state index is 0.536. The van der Waals surface area contributed by atoms with Crippen LogP contribution in [0, 0.1) is 5.92 Å². The predicted molar refractivity (Wildman–Crippen MR) is 70.1 cm³/mol. The third-order valence-corrected chi connectivity index (χ3v) is 2.98. The molecule has 0 amide bonds. The Hall–Kier alpha value is -1.22. The van der Waals surface area contributed by atoms with E-state index in [0.717, 1.165) is 44.0 Å². The Morgan fingerprint density at radius 3 is 2.44 bits per heavy atom. The van der Waals surface area contributed by atoms with Crippen LogP contribution in [-0.4, -0.2) is 26.2 Å². The molecule has 3 heteroatoms. The van der Waals surface area contributed by atoms with E-state index in [0.29, 0.717) is 5.92 Å². The molecule has 1 aliphatic heterocycles. The highest BCUT2D eigenvalue weighted by Gasteiger charge is 2.08. The lowest BCUT2D eigenvalue weighted by molar-refractivity contribution is 0.535. The zero-order valence-electron chi connectivity index (χ0n) is 10.2. The number of hydrogen-bond donors (Lipinski definition) is 3. The zero-order valence-corrected chi connectivity index (χ0v) is 10.2. The van der Waals surface area contributed by atoms with E-state index in [4.69, 9.17) is 0 Å². The molecule has 16 heavy (non-hydrogen) atoms. The van der Waals surface area contributed by atoms with Gasteiger partial charge in [-0.25, -0.2) is 0 Å². The summed E-state index contributed by atoms with van der Waals surface area (Å²) in [6.45, 7) is 17.9. The minimum Gasteiger partial charge on any atom is -0.383 e. The summed E-state index contributed by atoms with van der Waals surface area (Å²) in [5, 5.41) is 9.88. The number of hydrogen-bond acceptors (Lipinski definition) is 3. The molecule has 1 unspecified atom stereocenters. The molecule has 0 aromatic carbocycles. The van der Waals surface area contributed by atoms with E-state index >= 15 is 0 Å². The quantitative estimate of drug-likeness (QED) is 0.541. The lowest BCUT2D eigenvalue weighted by Gasteiger charge is -2.20. The van der Waals surface area contributed by atoms with Crippen molar-refractivity contribution in [3.63, 3.8) is 0 Å². The zero-order chi connectivity index (χ0) is 12.0. The van der Waals surface area contributed by atoms with Crippen LogP contribution in [-0.2, 0) is 0 Å². The van der Waals surface area contributed by atoms with Crippen molar-refractivity contribution >= 4 is 0 Å². The molecule has 1 saturated heterocycles. The number of nitrogens with one attached hydrogen (secondary N) is 3. The molecular formula is C13H23N3. The second-order valence-corrected chi connectivity index (χ2v) is 4.34. The monoisotopic (exact) mass is 221 g/mol. The van der Waals surface area contributed by atoms with Gasteiger partial charge in [0, 0.05) is 31.0 Å². The lowest BCUT2D eigenvalue weighted by Crippen LogP contribution is -2.32. The Morgan fingerprint density at radius 2 is 1.69 bits per heavy atom. The Bertz CT molecular complexity index is 281. The van der Waals surface area contributed by atoms with Crippen molar-refractivity contribution < 1.29 is 0 Å². The predicted octanol–water partition coefficient (Wildman–Crippen LogP) is 1.38. The highest BCUT2D eigenvalue weighted by Crippen LogP contribution is 2.12. The van der Waals surface area contributed by atoms with Crippen LogP contribution in [0.5, 0.6) is 0 Å². The van der Waals surface area contributed by atoms with Gasteiger partial charge in [0.25, 0.3) is 0 Å². The highest BCUT2D eigenvalue weighted by atomic mass is 15.0. The minimum atomic E-state index is 0.536. The van der Waals surface area contributed by atoms with Crippen LogP contribution in [0.1, 0.15) is 13.3 Å². The van der Waals surface area contributed by atoms with E-state index in [1.165, 1.54) is 5.57 Å². The Kier molecular flexibility index (Phi) is 5.12. The molecular weight excluding hydrogens is 198 g/mol. The van der Waals surface area contributed by atoms with Crippen molar-refractivity contribution in [2.24, 2.45) is 5.92 Å². The maximum absolute atomic E-state index is 4.10. The van der Waals surface area contributed by atoms with E-state index < -0.39 is 0 Å². The van der Waals surface area contributed by atoms with Crippen molar-refractivity contribution in [3.05, 3.63) is 36.7 Å². The van der Waals surface area contributed by atoms with E-state index in [-0.39, 0.29) is 0 Å². The first kappa shape index (κ1) is 12.8. The Labute approximate surface area is 98.7 Å². The summed E-state index contributed by atoms with van der Waals surface area (Å²) in [7, 11) is 0. The summed E-state index contributed by atoms with van der Waals surface area (Å²) < 4.78 is 0. The first-order chi connectivity index (χ1) is 7.61. The van der Waals surface area contributed by atoms with E-state index in [1.807, 2.05) is 0 Å². The van der Waals surface area contributed by atoms with Crippen molar-refractivity contribution in [1.29, 1.82) is 0 Å². The van der Waals surface area contributed by atoms with E-state index in [2.05, 4.69) is 42.6 Å². The largest absolute Gasteiger partial charge is 0.383 e. The molecule has 1 fully saturated rings. The van der Waals surface area contributed by atoms with Gasteiger partial charge in [-0.05, 0) is 18.9 Å². The molecule has 0 aromatic rings. The normalized spacial score (nSPS) is 25.1. The smallest absolute Gasteiger partial charge is 0.0499 e. The Balaban J connectivity index is 2.53. The van der Waals surface area contributed by atoms with Crippen LogP contribution in [0.25, 0.3) is 0 Å². The standard InChI is InChI=1S/C13H23N3/c1-10-5-6-14-7-8-15-12(3)13(4)16-9-11(10)2/h10,14-16H,2-9H2,1H3. The summed E-state index contributed by atoms with van der Waals surface area (Å²) in [4.78, 5) is 0. The summed E-state index contributed by atoms with van der Waals surface area (Å²) in [6, 6.07) is 0. The van der Waals surface area contributed by atoms with Crippen LogP contribution >= 0.6 is 0 Å². The molecule has 0 saturated carbocycles. The summed E-state index contributed by atoms with van der Waals surface area (Å²) in [5.41, 5.74) is 2.94. The summed E-state index contributed by atoms with van der Waals surface area (Å²) in [6.07, 6.45) is 1.13. The maximum atomic E-state index is 4.10. The summed E-state index contributed by atoms with van der Waals surface area (Å²) >= 11 is 0. The van der Waals surface area contributed by atoms with Crippen LogP contribution in [0.3, 0.4) is 0 Å². The van der Waals surface area contributed by atoms with Crippen LogP contribution in [0.15, 0.2) is 36.7 Å². The molecule has 3 nitrogen and oxygen atoms in total. The maximum Gasteiger partial charge on any atom is 0.0499 e. The van der Waals surface area contributed by atoms with Gasteiger partial charge in [-0.15, -0.1) is 0 Å². The van der Waals surface area contributed by atoms with Crippen molar-refractivity contribution in [2.45, 2.75) is 13.3 Å². The molecule has 0 aliphatic carbocycles. The van der Waals surface area contributed by atoms with Gasteiger partial charge < -0.3 is 16.0 Å². The topological polar surface area (TPSA) is 36.1 Å². The van der Waals surface area contributed by atoms with Crippen LogP contribution in [0.2, 0.25) is 0 Å². The molecule has 1 rings (SSSR count). The fourth-order valence-corrected chi connectivity index (χ4v) is 1.56. The van der Waals surface area contributed by atoms with Crippen LogP contribution < -0.4 is 16.0 Å². The first-order valence-corrected chi connectivity index (χ1v) is 5.85. The molecule has 1 aliphatic rings. The highest BCUT2D eigenvalue weighted by molar-refractivity contribution is 5.23. The van der Waals surface area contributed by atoms with Gasteiger partial charge in [0.1, 0.15) is 0 Å². The van der Waals surface area contributed by atoms with Gasteiger partial charge in [0.2, 0.25) is 0 Å². The van der Waals surface area contributed by atoms with Gasteiger partial charge in [-0.2, -0.15) is 0 Å². The Morgan fingerprint density at radius 1 is 1.00 bits per heavy atom. The second kappa shape index (κ2) is 6.38.